The summed E-state index contributed by atoms with van der Waals surface area (Å²) in [6.07, 6.45) is 0. The van der Waals surface area contributed by atoms with Crippen LogP contribution in [0.15, 0.2) is 50.5 Å². The highest BCUT2D eigenvalue weighted by Gasteiger charge is 2.31. The van der Waals surface area contributed by atoms with E-state index < -0.39 is 20.9 Å². The molecular formula is C15H9Cl2NO5S2. The fourth-order valence-electron chi connectivity index (χ4n) is 2.25. The third-order valence-corrected chi connectivity index (χ3v) is 6.55. The van der Waals surface area contributed by atoms with Gasteiger partial charge in [-0.2, -0.15) is 0 Å². The second-order valence-corrected chi connectivity index (χ2v) is 8.52. The van der Waals surface area contributed by atoms with Crippen molar-refractivity contribution in [3.63, 3.8) is 0 Å². The van der Waals surface area contributed by atoms with Crippen LogP contribution in [0.25, 0.3) is 10.3 Å². The number of anilines is 1. The minimum atomic E-state index is -4.31. The van der Waals surface area contributed by atoms with Gasteiger partial charge in [0.25, 0.3) is 10.0 Å². The molecule has 0 atom stereocenters. The second kappa shape index (κ2) is 6.45. The van der Waals surface area contributed by atoms with Gasteiger partial charge >= 0.3 is 4.94 Å². The van der Waals surface area contributed by atoms with Crippen molar-refractivity contribution in [1.82, 2.24) is 0 Å². The van der Waals surface area contributed by atoms with E-state index in [1.165, 1.54) is 36.4 Å². The van der Waals surface area contributed by atoms with Crippen molar-refractivity contribution in [1.29, 1.82) is 0 Å². The molecule has 0 fully saturated rings. The van der Waals surface area contributed by atoms with Gasteiger partial charge in [-0.05, 0) is 36.4 Å². The van der Waals surface area contributed by atoms with Gasteiger partial charge in [-0.15, -0.1) is 0 Å². The Balaban J connectivity index is 2.21. The summed E-state index contributed by atoms with van der Waals surface area (Å²) in [5.41, 5.74) is 0.369. The average molecular weight is 418 g/mol. The summed E-state index contributed by atoms with van der Waals surface area (Å²) < 4.78 is 31.9. The molecule has 130 valence electrons. The summed E-state index contributed by atoms with van der Waals surface area (Å²) in [5, 5.41) is 0.0969. The summed E-state index contributed by atoms with van der Waals surface area (Å²) in [5.74, 6) is -0.744. The Bertz CT molecular complexity index is 1150. The van der Waals surface area contributed by atoms with Crippen LogP contribution in [0.3, 0.4) is 0 Å². The number of carbonyl (C=O) groups excluding carboxylic acids is 1. The lowest BCUT2D eigenvalue weighted by molar-refractivity contribution is -0.115. The lowest BCUT2D eigenvalue weighted by atomic mass is 10.3. The molecule has 0 radical (unpaired) electrons. The first-order valence-corrected chi connectivity index (χ1v) is 9.76. The maximum atomic E-state index is 13.0. The molecule has 10 heteroatoms. The van der Waals surface area contributed by atoms with Gasteiger partial charge in [-0.1, -0.05) is 34.5 Å². The summed E-state index contributed by atoms with van der Waals surface area (Å²) in [7, 11) is -4.31. The predicted molar refractivity (Wildman–Crippen MR) is 97.2 cm³/mol. The van der Waals surface area contributed by atoms with E-state index in [9.17, 15) is 18.0 Å². The van der Waals surface area contributed by atoms with E-state index in [0.717, 1.165) is 18.3 Å². The molecular weight excluding hydrogens is 409 g/mol. The summed E-state index contributed by atoms with van der Waals surface area (Å²) in [6.45, 7) is 1.11. The van der Waals surface area contributed by atoms with Gasteiger partial charge in [0.15, 0.2) is 0 Å². The Labute approximate surface area is 156 Å². The standard InChI is InChI=1S/C15H9Cl2NO5S2/c1-8(19)18(10-3-5-12-13(7-10)24-15(20)23-12)25(21,22)14-6-9(16)2-4-11(14)17/h2-7H,1H3. The first-order chi connectivity index (χ1) is 11.7. The van der Waals surface area contributed by atoms with Crippen LogP contribution in [0.4, 0.5) is 5.69 Å². The van der Waals surface area contributed by atoms with Gasteiger partial charge in [-0.3, -0.25) is 4.79 Å². The van der Waals surface area contributed by atoms with Crippen molar-refractivity contribution >= 4 is 66.4 Å². The van der Waals surface area contributed by atoms with Crippen LogP contribution in [0, 0.1) is 0 Å². The molecule has 3 rings (SSSR count). The lowest BCUT2D eigenvalue weighted by Crippen LogP contribution is -2.35. The van der Waals surface area contributed by atoms with E-state index in [0.29, 0.717) is 14.6 Å². The number of fused-ring (bicyclic) bond motifs is 1. The molecule has 0 bridgehead atoms. The maximum Gasteiger partial charge on any atom is 0.396 e. The minimum Gasteiger partial charge on any atom is -0.414 e. The second-order valence-electron chi connectivity index (χ2n) is 4.95. The van der Waals surface area contributed by atoms with Crippen molar-refractivity contribution in [2.75, 3.05) is 4.31 Å². The van der Waals surface area contributed by atoms with Crippen LogP contribution < -0.4 is 9.24 Å². The zero-order valence-electron chi connectivity index (χ0n) is 12.5. The van der Waals surface area contributed by atoms with Crippen LogP contribution in [0.1, 0.15) is 6.92 Å². The number of halogens is 2. The zero-order chi connectivity index (χ0) is 18.4. The third-order valence-electron chi connectivity index (χ3n) is 3.25. The number of sulfonamides is 1. The fraction of sp³-hybridized carbons (Fsp3) is 0.0667. The molecule has 1 heterocycles. The average Bonchev–Trinajstić information content (AvgIpc) is 2.88. The minimum absolute atomic E-state index is 0.0630. The van der Waals surface area contributed by atoms with E-state index in [-0.39, 0.29) is 20.6 Å². The number of hydrogen-bond acceptors (Lipinski definition) is 6. The van der Waals surface area contributed by atoms with E-state index in [1.807, 2.05) is 0 Å². The molecule has 3 aromatic rings. The van der Waals surface area contributed by atoms with Crippen molar-refractivity contribution in [2.45, 2.75) is 11.8 Å². The van der Waals surface area contributed by atoms with Gasteiger partial charge in [0.2, 0.25) is 5.91 Å². The largest absolute Gasteiger partial charge is 0.414 e. The van der Waals surface area contributed by atoms with Gasteiger partial charge in [0.1, 0.15) is 10.5 Å². The molecule has 1 amide bonds. The van der Waals surface area contributed by atoms with Crippen LogP contribution >= 0.6 is 34.5 Å². The first-order valence-electron chi connectivity index (χ1n) is 6.75. The van der Waals surface area contributed by atoms with Gasteiger partial charge in [-0.25, -0.2) is 17.5 Å². The predicted octanol–water partition coefficient (Wildman–Crippen LogP) is 3.90. The Morgan fingerprint density at radius 3 is 2.56 bits per heavy atom. The van der Waals surface area contributed by atoms with Gasteiger partial charge in [0, 0.05) is 11.9 Å². The van der Waals surface area contributed by atoms with Gasteiger partial charge < -0.3 is 4.42 Å². The fourth-order valence-corrected chi connectivity index (χ4v) is 5.12. The monoisotopic (exact) mass is 417 g/mol. The molecule has 0 unspecified atom stereocenters. The highest BCUT2D eigenvalue weighted by molar-refractivity contribution is 7.93. The molecule has 2 aromatic carbocycles. The van der Waals surface area contributed by atoms with Crippen molar-refractivity contribution in [3.05, 3.63) is 56.2 Å². The normalized spacial score (nSPS) is 11.6. The summed E-state index contributed by atoms with van der Waals surface area (Å²) in [6, 6.07) is 8.13. The number of benzene rings is 2. The Kier molecular flexibility index (Phi) is 4.63. The van der Waals surface area contributed by atoms with E-state index in [2.05, 4.69) is 0 Å². The topological polar surface area (TPSA) is 84.7 Å². The molecule has 0 spiro atoms. The maximum absolute atomic E-state index is 13.0. The molecule has 0 aliphatic rings. The molecule has 0 saturated carbocycles. The van der Waals surface area contributed by atoms with Crippen LogP contribution in [-0.2, 0) is 14.8 Å². The quantitative estimate of drug-likeness (QED) is 0.644. The molecule has 25 heavy (non-hydrogen) atoms. The van der Waals surface area contributed by atoms with E-state index in [4.69, 9.17) is 27.6 Å². The smallest absolute Gasteiger partial charge is 0.396 e. The van der Waals surface area contributed by atoms with Crippen molar-refractivity contribution in [2.24, 2.45) is 0 Å². The van der Waals surface area contributed by atoms with Crippen molar-refractivity contribution in [3.8, 4) is 0 Å². The number of amides is 1. The number of hydrogen-bond donors (Lipinski definition) is 0. The SMILES string of the molecule is CC(=O)N(c1ccc2oc(=O)sc2c1)S(=O)(=O)c1cc(Cl)ccc1Cl. The Morgan fingerprint density at radius 1 is 1.16 bits per heavy atom. The summed E-state index contributed by atoms with van der Waals surface area (Å²) >= 11 is 12.7. The molecule has 0 saturated heterocycles. The molecule has 0 N–H and O–H groups in total. The molecule has 1 aromatic heterocycles. The number of rotatable bonds is 3. The zero-order valence-corrected chi connectivity index (χ0v) is 15.7. The Morgan fingerprint density at radius 2 is 1.88 bits per heavy atom. The summed E-state index contributed by atoms with van der Waals surface area (Å²) in [4.78, 5) is 22.6. The van der Waals surface area contributed by atoms with Crippen LogP contribution in [-0.4, -0.2) is 14.3 Å². The van der Waals surface area contributed by atoms with Gasteiger partial charge in [0.05, 0.1) is 15.4 Å². The highest BCUT2D eigenvalue weighted by atomic mass is 35.5. The van der Waals surface area contributed by atoms with Crippen LogP contribution in [0.5, 0.6) is 0 Å². The third kappa shape index (κ3) is 3.30. The van der Waals surface area contributed by atoms with Crippen molar-refractivity contribution < 1.29 is 17.6 Å². The van der Waals surface area contributed by atoms with E-state index in [1.54, 1.807) is 0 Å². The molecule has 0 aliphatic carbocycles. The lowest BCUT2D eigenvalue weighted by Gasteiger charge is -2.21. The first kappa shape index (κ1) is 17.9. The molecule has 0 aliphatic heterocycles. The number of nitrogens with zero attached hydrogens (tertiary/aromatic N) is 1. The van der Waals surface area contributed by atoms with E-state index >= 15 is 0 Å². The molecule has 6 nitrogen and oxygen atoms in total. The number of carbonyl (C=O) groups is 1. The van der Waals surface area contributed by atoms with Crippen LogP contribution in [0.2, 0.25) is 10.0 Å². The highest BCUT2D eigenvalue weighted by Crippen LogP contribution is 2.32. The Hall–Kier alpha value is -1.87.